The summed E-state index contributed by atoms with van der Waals surface area (Å²) in [5, 5.41) is 19.2. The minimum Gasteiger partial charge on any atom is -0.491 e. The highest BCUT2D eigenvalue weighted by Gasteiger charge is 2.13. The van der Waals surface area contributed by atoms with Crippen molar-refractivity contribution in [2.45, 2.75) is 12.6 Å². The maximum absolute atomic E-state index is 12.6. The lowest BCUT2D eigenvalue weighted by Crippen LogP contribution is -2.41. The van der Waals surface area contributed by atoms with Gasteiger partial charge in [0.25, 0.3) is 0 Å². The standard InChI is InChI=1S/C28H23N2O3/c29-18-21-6-8-24(9-7-21)28(32)25-10-12-27(13-11-25)33-20-26(31)19-30-16-14-23(15-17-30)22-4-2-1-3-5-22/h1-17,26,31H,19-20H2/q+1/t26-/m0/s1. The van der Waals surface area contributed by atoms with Crippen molar-refractivity contribution in [3.8, 4) is 22.9 Å². The molecule has 1 atom stereocenters. The lowest BCUT2D eigenvalue weighted by atomic mass is 10.0. The first-order valence-corrected chi connectivity index (χ1v) is 10.6. The SMILES string of the molecule is N#Cc1ccc(C(=O)c2ccc(OC[C@@H](O)C[n+]3ccc(-c4ccccc4)cc3)cc2)cc1. The molecule has 0 spiro atoms. The third-order valence-corrected chi connectivity index (χ3v) is 5.25. The molecule has 0 bridgehead atoms. The highest BCUT2D eigenvalue weighted by atomic mass is 16.5. The molecule has 162 valence electrons. The molecular formula is C28H23N2O3+. The second-order valence-corrected chi connectivity index (χ2v) is 7.66. The molecule has 33 heavy (non-hydrogen) atoms. The fraction of sp³-hybridized carbons (Fsp3) is 0.107. The van der Waals surface area contributed by atoms with Gasteiger partial charge >= 0.3 is 0 Å². The van der Waals surface area contributed by atoms with Gasteiger partial charge in [-0.1, -0.05) is 30.3 Å². The monoisotopic (exact) mass is 435 g/mol. The molecule has 0 radical (unpaired) electrons. The molecule has 4 aromatic rings. The van der Waals surface area contributed by atoms with Crippen LogP contribution in [0.4, 0.5) is 0 Å². The van der Waals surface area contributed by atoms with Crippen LogP contribution in [0.1, 0.15) is 21.5 Å². The van der Waals surface area contributed by atoms with Gasteiger partial charge < -0.3 is 9.84 Å². The van der Waals surface area contributed by atoms with Crippen molar-refractivity contribution in [3.63, 3.8) is 0 Å². The van der Waals surface area contributed by atoms with Crippen LogP contribution in [0, 0.1) is 11.3 Å². The van der Waals surface area contributed by atoms with Gasteiger partial charge in [-0.05, 0) is 59.7 Å². The lowest BCUT2D eigenvalue weighted by molar-refractivity contribution is -0.703. The molecule has 0 saturated carbocycles. The van der Waals surface area contributed by atoms with E-state index in [0.717, 1.165) is 11.1 Å². The molecule has 0 amide bonds. The number of ketones is 1. The number of hydrogen-bond acceptors (Lipinski definition) is 4. The largest absolute Gasteiger partial charge is 0.491 e. The van der Waals surface area contributed by atoms with Crippen molar-refractivity contribution in [1.29, 1.82) is 5.26 Å². The van der Waals surface area contributed by atoms with Gasteiger partial charge in [0.15, 0.2) is 24.7 Å². The minimum absolute atomic E-state index is 0.124. The molecule has 1 N–H and O–H groups in total. The third-order valence-electron chi connectivity index (χ3n) is 5.25. The average Bonchev–Trinajstić information content (AvgIpc) is 2.88. The number of nitrogens with zero attached hydrogens (tertiary/aromatic N) is 2. The van der Waals surface area contributed by atoms with Gasteiger partial charge in [0.2, 0.25) is 0 Å². The topological polar surface area (TPSA) is 74.2 Å². The fourth-order valence-electron chi connectivity index (χ4n) is 3.46. The van der Waals surface area contributed by atoms with E-state index in [1.165, 1.54) is 0 Å². The average molecular weight is 436 g/mol. The molecule has 5 heteroatoms. The number of benzene rings is 3. The molecule has 0 aliphatic heterocycles. The van der Waals surface area contributed by atoms with E-state index in [0.29, 0.717) is 29.0 Å². The van der Waals surface area contributed by atoms with Gasteiger partial charge in [0.05, 0.1) is 11.6 Å². The Labute approximate surface area is 192 Å². The van der Waals surface area contributed by atoms with E-state index < -0.39 is 6.10 Å². The highest BCUT2D eigenvalue weighted by molar-refractivity contribution is 6.09. The van der Waals surface area contributed by atoms with Crippen LogP contribution in [0.15, 0.2) is 103 Å². The summed E-state index contributed by atoms with van der Waals surface area (Å²) in [6.07, 6.45) is 3.20. The predicted octanol–water partition coefficient (Wildman–Crippen LogP) is 4.18. The summed E-state index contributed by atoms with van der Waals surface area (Å²) < 4.78 is 7.61. The molecule has 0 unspecified atom stereocenters. The van der Waals surface area contributed by atoms with Crippen LogP contribution in [0.25, 0.3) is 11.1 Å². The Morgan fingerprint density at radius 3 is 2.03 bits per heavy atom. The Morgan fingerprint density at radius 1 is 0.848 bits per heavy atom. The van der Waals surface area contributed by atoms with Gasteiger partial charge in [0.1, 0.15) is 18.5 Å². The zero-order chi connectivity index (χ0) is 23.0. The molecular weight excluding hydrogens is 412 g/mol. The molecule has 1 aromatic heterocycles. The number of pyridine rings is 1. The predicted molar refractivity (Wildman–Crippen MR) is 125 cm³/mol. The Balaban J connectivity index is 1.30. The van der Waals surface area contributed by atoms with Crippen LogP contribution >= 0.6 is 0 Å². The highest BCUT2D eigenvalue weighted by Crippen LogP contribution is 2.17. The van der Waals surface area contributed by atoms with Crippen LogP contribution in [0.5, 0.6) is 5.75 Å². The van der Waals surface area contributed by atoms with Crippen molar-refractivity contribution >= 4 is 5.78 Å². The van der Waals surface area contributed by atoms with E-state index in [1.807, 2.05) is 53.4 Å². The van der Waals surface area contributed by atoms with E-state index in [9.17, 15) is 9.90 Å². The summed E-state index contributed by atoms with van der Waals surface area (Å²) in [6.45, 7) is 0.542. The van der Waals surface area contributed by atoms with Crippen LogP contribution < -0.4 is 9.30 Å². The van der Waals surface area contributed by atoms with E-state index >= 15 is 0 Å². The number of carbonyl (C=O) groups is 1. The maximum Gasteiger partial charge on any atom is 0.193 e. The van der Waals surface area contributed by atoms with E-state index in [-0.39, 0.29) is 12.4 Å². The van der Waals surface area contributed by atoms with Crippen molar-refractivity contribution in [1.82, 2.24) is 0 Å². The zero-order valence-electron chi connectivity index (χ0n) is 18.0. The van der Waals surface area contributed by atoms with Gasteiger partial charge in [-0.25, -0.2) is 4.57 Å². The molecule has 1 heterocycles. The van der Waals surface area contributed by atoms with Crippen LogP contribution in [-0.4, -0.2) is 23.6 Å². The fourth-order valence-corrected chi connectivity index (χ4v) is 3.46. The van der Waals surface area contributed by atoms with Crippen LogP contribution in [0.3, 0.4) is 0 Å². The van der Waals surface area contributed by atoms with Crippen molar-refractivity contribution < 1.29 is 19.2 Å². The van der Waals surface area contributed by atoms with Gasteiger partial charge in [-0.2, -0.15) is 5.26 Å². The molecule has 0 aliphatic rings. The van der Waals surface area contributed by atoms with Crippen molar-refractivity contribution in [2.75, 3.05) is 6.61 Å². The number of aromatic nitrogens is 1. The Hall–Kier alpha value is -4.27. The van der Waals surface area contributed by atoms with Gasteiger partial charge in [0, 0.05) is 23.3 Å². The summed E-state index contributed by atoms with van der Waals surface area (Å²) in [5.74, 6) is 0.455. The minimum atomic E-state index is -0.683. The Bertz CT molecular complexity index is 1240. The molecule has 0 fully saturated rings. The first kappa shape index (κ1) is 21.9. The van der Waals surface area contributed by atoms with Crippen LogP contribution in [0.2, 0.25) is 0 Å². The number of aliphatic hydroxyl groups is 1. The molecule has 5 nitrogen and oxygen atoms in total. The molecule has 4 rings (SSSR count). The van der Waals surface area contributed by atoms with E-state index in [2.05, 4.69) is 12.1 Å². The summed E-state index contributed by atoms with van der Waals surface area (Å²) in [7, 11) is 0. The van der Waals surface area contributed by atoms with E-state index in [1.54, 1.807) is 48.5 Å². The number of rotatable bonds is 8. The van der Waals surface area contributed by atoms with Crippen molar-refractivity contribution in [3.05, 3.63) is 120 Å². The number of carbonyl (C=O) groups excluding carboxylic acids is 1. The zero-order valence-corrected chi connectivity index (χ0v) is 18.0. The molecule has 0 saturated heterocycles. The normalized spacial score (nSPS) is 11.4. The number of nitriles is 1. The molecule has 3 aromatic carbocycles. The first-order valence-electron chi connectivity index (χ1n) is 10.6. The summed E-state index contributed by atoms with van der Waals surface area (Å²) in [6, 6.07) is 29.6. The quantitative estimate of drug-likeness (QED) is 0.333. The van der Waals surface area contributed by atoms with E-state index in [4.69, 9.17) is 10.00 Å². The maximum atomic E-state index is 12.6. The third kappa shape index (κ3) is 5.70. The Morgan fingerprint density at radius 2 is 1.42 bits per heavy atom. The molecule has 0 aliphatic carbocycles. The van der Waals surface area contributed by atoms with Crippen molar-refractivity contribution in [2.24, 2.45) is 0 Å². The summed E-state index contributed by atoms with van der Waals surface area (Å²) in [4.78, 5) is 12.6. The van der Waals surface area contributed by atoms with Crippen LogP contribution in [-0.2, 0) is 6.54 Å². The smallest absolute Gasteiger partial charge is 0.193 e. The second-order valence-electron chi connectivity index (χ2n) is 7.66. The Kier molecular flexibility index (Phi) is 6.89. The second kappa shape index (κ2) is 10.4. The lowest BCUT2D eigenvalue weighted by Gasteiger charge is -2.11. The van der Waals surface area contributed by atoms with Gasteiger partial charge in [-0.3, -0.25) is 4.79 Å². The summed E-state index contributed by atoms with van der Waals surface area (Å²) in [5.41, 5.74) is 3.83. The number of hydrogen-bond donors (Lipinski definition) is 1. The summed E-state index contributed by atoms with van der Waals surface area (Å²) >= 11 is 0. The number of aliphatic hydroxyl groups excluding tert-OH is 1. The first-order chi connectivity index (χ1) is 16.1. The van der Waals surface area contributed by atoms with Gasteiger partial charge in [-0.15, -0.1) is 0 Å². The number of ether oxygens (including phenoxy) is 1.